The number of nitrogens with one attached hydrogen (secondary N) is 1. The molecule has 2 aliphatic rings. The molecular weight excluding hydrogens is 416 g/mol. The maximum Gasteiger partial charge on any atom is 0.142 e. The summed E-state index contributed by atoms with van der Waals surface area (Å²) < 4.78 is 10.1. The van der Waals surface area contributed by atoms with E-state index in [1.165, 1.54) is 11.1 Å². The highest BCUT2D eigenvalue weighted by molar-refractivity contribution is 6.76. The second-order valence-corrected chi connectivity index (χ2v) is 15.8. The molecule has 0 radical (unpaired) electrons. The Balaban J connectivity index is 1.67. The Kier molecular flexibility index (Phi) is 6.51. The van der Waals surface area contributed by atoms with E-state index in [-0.39, 0.29) is 5.54 Å². The molecule has 1 saturated heterocycles. The summed E-state index contributed by atoms with van der Waals surface area (Å²) in [5.74, 6) is 0. The molecule has 0 unspecified atom stereocenters. The normalized spacial score (nSPS) is 17.6. The van der Waals surface area contributed by atoms with Crippen molar-refractivity contribution in [3.05, 3.63) is 52.7 Å². The number of allylic oxidation sites excluding steroid dienone is 1. The van der Waals surface area contributed by atoms with Gasteiger partial charge in [0.2, 0.25) is 0 Å². The average Bonchev–Trinajstić information content (AvgIpc) is 3.31. The molecule has 7 nitrogen and oxygen atoms in total. The summed E-state index contributed by atoms with van der Waals surface area (Å²) in [6.07, 6.45) is 10.4. The summed E-state index contributed by atoms with van der Waals surface area (Å²) in [5.41, 5.74) is 4.35. The van der Waals surface area contributed by atoms with E-state index in [1.807, 2.05) is 17.1 Å². The van der Waals surface area contributed by atoms with Gasteiger partial charge in [0.25, 0.3) is 0 Å². The smallest absolute Gasteiger partial charge is 0.142 e. The van der Waals surface area contributed by atoms with E-state index in [2.05, 4.69) is 66.1 Å². The lowest BCUT2D eigenvalue weighted by atomic mass is 9.89. The van der Waals surface area contributed by atoms with E-state index in [1.54, 1.807) is 0 Å². The van der Waals surface area contributed by atoms with Crippen LogP contribution in [0.25, 0.3) is 5.57 Å². The van der Waals surface area contributed by atoms with Gasteiger partial charge >= 0.3 is 0 Å². The summed E-state index contributed by atoms with van der Waals surface area (Å²) in [5, 5.41) is 18.4. The number of hydrogen-bond donors (Lipinski definition) is 1. The SMILES string of the molecule is CCC1=CN=c2c(ccn2COCC[Si](C)(C)C)=C(c2cnn(C3(CC#N)CNC3)c2)C1. The maximum atomic E-state index is 9.30. The zero-order valence-electron chi connectivity index (χ0n) is 19.7. The van der Waals surface area contributed by atoms with Crippen LogP contribution in [0, 0.1) is 11.3 Å². The van der Waals surface area contributed by atoms with Gasteiger partial charge in [-0.25, -0.2) is 4.99 Å². The Hall–Kier alpha value is -2.47. The van der Waals surface area contributed by atoms with Gasteiger partial charge in [-0.05, 0) is 36.1 Å². The van der Waals surface area contributed by atoms with Crippen molar-refractivity contribution >= 4 is 13.6 Å². The standard InChI is InChI=1S/C24H34N6OSi/c1-5-19-12-22(20-14-28-30(15-20)24(7-8-25)16-26-17-24)21-6-9-29(23(21)27-13-19)18-31-10-11-32(2,3)4/h6,9,13-15,26H,5,7,10-12,16-18H2,1-4H3. The summed E-state index contributed by atoms with van der Waals surface area (Å²) >= 11 is 0. The van der Waals surface area contributed by atoms with Gasteiger partial charge in [0.05, 0.1) is 18.7 Å². The molecule has 0 atom stereocenters. The second-order valence-electron chi connectivity index (χ2n) is 10.1. The van der Waals surface area contributed by atoms with Crippen molar-refractivity contribution < 1.29 is 4.74 Å². The third kappa shape index (κ3) is 4.65. The molecular formula is C24H34N6OSi. The monoisotopic (exact) mass is 450 g/mol. The topological polar surface area (TPSA) is 80.2 Å². The summed E-state index contributed by atoms with van der Waals surface area (Å²) in [6, 6.07) is 5.63. The molecule has 0 spiro atoms. The van der Waals surface area contributed by atoms with Crippen LogP contribution in [-0.2, 0) is 17.0 Å². The molecule has 0 amide bonds. The van der Waals surface area contributed by atoms with Gasteiger partial charge in [-0.2, -0.15) is 10.4 Å². The Labute approximate surface area is 191 Å². The van der Waals surface area contributed by atoms with Crippen LogP contribution < -0.4 is 16.0 Å². The first kappa shape index (κ1) is 22.7. The molecule has 8 heteroatoms. The van der Waals surface area contributed by atoms with E-state index in [0.29, 0.717) is 13.2 Å². The van der Waals surface area contributed by atoms with E-state index in [0.717, 1.165) is 54.9 Å². The van der Waals surface area contributed by atoms with Crippen LogP contribution in [-0.4, -0.2) is 42.1 Å². The van der Waals surface area contributed by atoms with E-state index in [9.17, 15) is 5.26 Å². The van der Waals surface area contributed by atoms with Gasteiger partial charge in [-0.15, -0.1) is 0 Å². The highest BCUT2D eigenvalue weighted by atomic mass is 28.3. The second kappa shape index (κ2) is 9.18. The molecule has 1 fully saturated rings. The van der Waals surface area contributed by atoms with Crippen molar-refractivity contribution in [1.29, 1.82) is 5.26 Å². The van der Waals surface area contributed by atoms with Crippen LogP contribution in [0.3, 0.4) is 0 Å². The number of nitriles is 1. The van der Waals surface area contributed by atoms with Crippen LogP contribution in [0.4, 0.5) is 0 Å². The van der Waals surface area contributed by atoms with Gasteiger partial charge in [0.1, 0.15) is 17.8 Å². The first-order valence-corrected chi connectivity index (χ1v) is 15.2. The molecule has 170 valence electrons. The van der Waals surface area contributed by atoms with Gasteiger partial charge in [0, 0.05) is 57.1 Å². The number of aromatic nitrogens is 3. The van der Waals surface area contributed by atoms with Gasteiger partial charge in [-0.3, -0.25) is 4.68 Å². The third-order valence-electron chi connectivity index (χ3n) is 6.45. The third-order valence-corrected chi connectivity index (χ3v) is 8.15. The molecule has 1 N–H and O–H groups in total. The zero-order valence-corrected chi connectivity index (χ0v) is 20.7. The molecule has 2 aromatic rings. The highest BCUT2D eigenvalue weighted by Gasteiger charge is 2.39. The van der Waals surface area contributed by atoms with Crippen molar-refractivity contribution in [3.8, 4) is 6.07 Å². The summed E-state index contributed by atoms with van der Waals surface area (Å²) in [7, 11) is -1.11. The van der Waals surface area contributed by atoms with Crippen molar-refractivity contribution in [2.75, 3.05) is 19.7 Å². The average molecular weight is 451 g/mol. The van der Waals surface area contributed by atoms with E-state index >= 15 is 0 Å². The lowest BCUT2D eigenvalue weighted by Gasteiger charge is -2.41. The first-order chi connectivity index (χ1) is 15.3. The van der Waals surface area contributed by atoms with Crippen molar-refractivity contribution in [3.63, 3.8) is 0 Å². The highest BCUT2D eigenvalue weighted by Crippen LogP contribution is 2.28. The summed E-state index contributed by atoms with van der Waals surface area (Å²) in [4.78, 5) is 4.84. The molecule has 0 bridgehead atoms. The maximum absolute atomic E-state index is 9.30. The lowest BCUT2D eigenvalue weighted by Crippen LogP contribution is -2.60. The minimum absolute atomic E-state index is 0.231. The molecule has 2 aliphatic heterocycles. The van der Waals surface area contributed by atoms with Crippen molar-refractivity contribution in [1.82, 2.24) is 19.7 Å². The molecule has 4 rings (SSSR count). The molecule has 0 aromatic carbocycles. The minimum atomic E-state index is -1.11. The van der Waals surface area contributed by atoms with Crippen LogP contribution in [0.1, 0.15) is 31.7 Å². The number of ether oxygens (including phenoxy) is 1. The largest absolute Gasteiger partial charge is 0.361 e. The van der Waals surface area contributed by atoms with Crippen LogP contribution in [0.5, 0.6) is 0 Å². The molecule has 0 aliphatic carbocycles. The predicted molar refractivity (Wildman–Crippen MR) is 128 cm³/mol. The Bertz CT molecular complexity index is 1160. The number of nitrogens with zero attached hydrogens (tertiary/aromatic N) is 5. The fourth-order valence-electron chi connectivity index (χ4n) is 4.15. The fourth-order valence-corrected chi connectivity index (χ4v) is 4.91. The molecule has 0 saturated carbocycles. The van der Waals surface area contributed by atoms with Crippen molar-refractivity contribution in [2.45, 2.75) is 64.1 Å². The van der Waals surface area contributed by atoms with E-state index in [4.69, 9.17) is 9.73 Å². The quantitative estimate of drug-likeness (QED) is 0.471. The van der Waals surface area contributed by atoms with Gasteiger partial charge < -0.3 is 14.6 Å². The van der Waals surface area contributed by atoms with Crippen LogP contribution in [0.15, 0.2) is 41.4 Å². The van der Waals surface area contributed by atoms with Crippen LogP contribution >= 0.6 is 0 Å². The number of hydrogen-bond acceptors (Lipinski definition) is 5. The summed E-state index contributed by atoms with van der Waals surface area (Å²) in [6.45, 7) is 12.1. The predicted octanol–water partition coefficient (Wildman–Crippen LogP) is 2.73. The first-order valence-electron chi connectivity index (χ1n) is 11.5. The minimum Gasteiger partial charge on any atom is -0.361 e. The lowest BCUT2D eigenvalue weighted by molar-refractivity contribution is 0.0849. The van der Waals surface area contributed by atoms with Crippen LogP contribution in [0.2, 0.25) is 25.7 Å². The molecule has 2 aromatic heterocycles. The Morgan fingerprint density at radius 3 is 2.78 bits per heavy atom. The van der Waals surface area contributed by atoms with E-state index < -0.39 is 8.07 Å². The fraction of sp³-hybridized carbons (Fsp3) is 0.542. The Morgan fingerprint density at radius 2 is 2.12 bits per heavy atom. The Morgan fingerprint density at radius 1 is 1.31 bits per heavy atom. The molecule has 32 heavy (non-hydrogen) atoms. The number of rotatable bonds is 9. The van der Waals surface area contributed by atoms with Gasteiger partial charge in [0.15, 0.2) is 0 Å². The number of fused-ring (bicyclic) bond motifs is 1. The van der Waals surface area contributed by atoms with Crippen molar-refractivity contribution in [2.24, 2.45) is 4.99 Å². The van der Waals surface area contributed by atoms with Gasteiger partial charge in [-0.1, -0.05) is 26.6 Å². The molecule has 4 heterocycles. The zero-order chi connectivity index (χ0) is 22.8.